The van der Waals surface area contributed by atoms with Crippen LogP contribution < -0.4 is 4.90 Å². The van der Waals surface area contributed by atoms with Gasteiger partial charge in [0.15, 0.2) is 5.58 Å². The van der Waals surface area contributed by atoms with Crippen molar-refractivity contribution in [2.45, 2.75) is 12.8 Å². The van der Waals surface area contributed by atoms with E-state index in [2.05, 4.69) is 108 Å². The monoisotopic (exact) mass is 512 g/mol. The van der Waals surface area contributed by atoms with E-state index in [9.17, 15) is 5.26 Å². The topological polar surface area (TPSA) is 40.2 Å². The number of hydrogen-bond acceptors (Lipinski definition) is 3. The van der Waals surface area contributed by atoms with Gasteiger partial charge in [0.2, 0.25) is 0 Å². The zero-order chi connectivity index (χ0) is 26.6. The lowest BCUT2D eigenvalue weighted by molar-refractivity contribution is 0.670. The maximum Gasteiger partial charge on any atom is 0.159 e. The maximum atomic E-state index is 9.70. The van der Waals surface area contributed by atoms with Gasteiger partial charge in [-0.25, -0.2) is 0 Å². The first kappa shape index (κ1) is 22.6. The van der Waals surface area contributed by atoms with E-state index in [1.807, 2.05) is 24.3 Å². The van der Waals surface area contributed by atoms with Crippen molar-refractivity contribution in [1.29, 1.82) is 5.26 Å². The van der Waals surface area contributed by atoms with E-state index in [-0.39, 0.29) is 0 Å². The van der Waals surface area contributed by atoms with Gasteiger partial charge in [-0.3, -0.25) is 0 Å². The van der Waals surface area contributed by atoms with E-state index in [1.54, 1.807) is 0 Å². The van der Waals surface area contributed by atoms with Gasteiger partial charge in [-0.1, -0.05) is 97.1 Å². The second-order valence-corrected chi connectivity index (χ2v) is 10.3. The van der Waals surface area contributed by atoms with E-state index in [0.29, 0.717) is 5.56 Å². The first-order chi connectivity index (χ1) is 19.8. The molecule has 188 valence electrons. The predicted molar refractivity (Wildman–Crippen MR) is 163 cm³/mol. The molecular weight excluding hydrogens is 488 g/mol. The molecule has 0 aliphatic carbocycles. The highest BCUT2D eigenvalue weighted by Gasteiger charge is 2.25. The molecule has 0 saturated carbocycles. The van der Waals surface area contributed by atoms with Crippen LogP contribution in [0.3, 0.4) is 0 Å². The molecule has 0 unspecified atom stereocenters. The fraction of sp³-hybridized carbons (Fsp3) is 0.0541. The summed E-state index contributed by atoms with van der Waals surface area (Å²) < 4.78 is 6.89. The standard InChI is InChI=1S/C37H24N2O/c38-23-26-11-5-13-28-27(26)12-6-14-29(28)30-15-7-16-31-32-17-8-20-35(37(32)40-36(30)31)39-33-18-3-1-9-24(33)21-22-25-10-2-4-19-34(25)39/h1-20H,21-22H2. The van der Waals surface area contributed by atoms with Crippen molar-refractivity contribution in [2.24, 2.45) is 0 Å². The minimum atomic E-state index is 0.678. The Bertz CT molecular complexity index is 2100. The molecule has 0 amide bonds. The number of anilines is 3. The molecule has 3 nitrogen and oxygen atoms in total. The zero-order valence-corrected chi connectivity index (χ0v) is 21.8. The normalized spacial score (nSPS) is 12.7. The summed E-state index contributed by atoms with van der Waals surface area (Å²) in [4.78, 5) is 2.37. The molecule has 1 aliphatic rings. The lowest BCUT2D eigenvalue weighted by atomic mass is 9.95. The summed E-state index contributed by atoms with van der Waals surface area (Å²) >= 11 is 0. The number of nitriles is 1. The van der Waals surface area contributed by atoms with Crippen molar-refractivity contribution in [2.75, 3.05) is 4.90 Å². The number of hydrogen-bond donors (Lipinski definition) is 0. The summed E-state index contributed by atoms with van der Waals surface area (Å²) in [6.45, 7) is 0. The van der Waals surface area contributed by atoms with Crippen LogP contribution in [0.2, 0.25) is 0 Å². The average Bonchev–Trinajstić information content (AvgIpc) is 3.32. The van der Waals surface area contributed by atoms with E-state index in [0.717, 1.165) is 62.4 Å². The van der Waals surface area contributed by atoms with Gasteiger partial charge in [0.25, 0.3) is 0 Å². The molecule has 8 rings (SSSR count). The molecule has 0 N–H and O–H groups in total. The Kier molecular flexibility index (Phi) is 5.02. The number of furan rings is 1. The minimum absolute atomic E-state index is 0.678. The Hall–Kier alpha value is -5.33. The molecule has 6 aromatic carbocycles. The highest BCUT2D eigenvalue weighted by atomic mass is 16.3. The Balaban J connectivity index is 1.42. The van der Waals surface area contributed by atoms with Gasteiger partial charge in [0, 0.05) is 33.1 Å². The predicted octanol–water partition coefficient (Wildman–Crippen LogP) is 9.85. The Labute approximate surface area is 232 Å². The fourth-order valence-electron chi connectivity index (χ4n) is 6.38. The molecule has 0 radical (unpaired) electrons. The van der Waals surface area contributed by atoms with E-state index < -0.39 is 0 Å². The van der Waals surface area contributed by atoms with Crippen molar-refractivity contribution >= 4 is 49.8 Å². The second-order valence-electron chi connectivity index (χ2n) is 10.3. The number of benzene rings is 6. The third-order valence-electron chi connectivity index (χ3n) is 8.21. The van der Waals surface area contributed by atoms with Crippen LogP contribution in [0.4, 0.5) is 17.1 Å². The smallest absolute Gasteiger partial charge is 0.159 e. The quantitative estimate of drug-likeness (QED) is 0.231. The van der Waals surface area contributed by atoms with Crippen LogP contribution in [0.1, 0.15) is 16.7 Å². The van der Waals surface area contributed by atoms with Crippen molar-refractivity contribution in [1.82, 2.24) is 0 Å². The number of rotatable bonds is 2. The largest absolute Gasteiger partial charge is 0.453 e. The average molecular weight is 513 g/mol. The molecule has 0 atom stereocenters. The van der Waals surface area contributed by atoms with Gasteiger partial charge in [0.1, 0.15) is 5.58 Å². The molecule has 7 aromatic rings. The summed E-state index contributed by atoms with van der Waals surface area (Å²) in [6.07, 6.45) is 1.99. The number of para-hydroxylation sites is 4. The zero-order valence-electron chi connectivity index (χ0n) is 21.8. The Morgan fingerprint density at radius 2 is 1.05 bits per heavy atom. The number of nitrogens with zero attached hydrogens (tertiary/aromatic N) is 2. The Morgan fingerprint density at radius 3 is 1.77 bits per heavy atom. The molecule has 40 heavy (non-hydrogen) atoms. The van der Waals surface area contributed by atoms with Gasteiger partial charge in [0.05, 0.1) is 17.3 Å². The molecule has 0 bridgehead atoms. The molecular formula is C37H24N2O. The summed E-state index contributed by atoms with van der Waals surface area (Å²) in [7, 11) is 0. The third kappa shape index (κ3) is 3.30. The van der Waals surface area contributed by atoms with Crippen LogP contribution in [0, 0.1) is 11.3 Å². The van der Waals surface area contributed by atoms with Gasteiger partial charge in [-0.05, 0) is 59.2 Å². The fourth-order valence-corrected chi connectivity index (χ4v) is 6.38. The second kappa shape index (κ2) is 8.86. The lowest BCUT2D eigenvalue weighted by Crippen LogP contribution is -2.11. The minimum Gasteiger partial charge on any atom is -0.453 e. The first-order valence-corrected chi connectivity index (χ1v) is 13.6. The highest BCUT2D eigenvalue weighted by molar-refractivity contribution is 6.15. The number of fused-ring (bicyclic) bond motifs is 6. The summed E-state index contributed by atoms with van der Waals surface area (Å²) in [5.41, 5.74) is 10.6. The van der Waals surface area contributed by atoms with Crippen LogP contribution >= 0.6 is 0 Å². The highest BCUT2D eigenvalue weighted by Crippen LogP contribution is 2.47. The molecule has 3 heteroatoms. The van der Waals surface area contributed by atoms with Crippen LogP contribution in [0.5, 0.6) is 0 Å². The van der Waals surface area contributed by atoms with Gasteiger partial charge >= 0.3 is 0 Å². The van der Waals surface area contributed by atoms with Crippen molar-refractivity contribution in [3.63, 3.8) is 0 Å². The molecule has 0 fully saturated rings. The van der Waals surface area contributed by atoms with Crippen LogP contribution in [-0.2, 0) is 12.8 Å². The van der Waals surface area contributed by atoms with Crippen molar-refractivity contribution < 1.29 is 4.42 Å². The molecule has 1 aliphatic heterocycles. The number of aryl methyl sites for hydroxylation is 2. The Morgan fingerprint density at radius 1 is 0.500 bits per heavy atom. The van der Waals surface area contributed by atoms with E-state index in [1.165, 1.54) is 22.5 Å². The van der Waals surface area contributed by atoms with Gasteiger partial charge in [-0.2, -0.15) is 5.26 Å². The molecule has 0 spiro atoms. The van der Waals surface area contributed by atoms with Crippen LogP contribution in [0.25, 0.3) is 43.8 Å². The van der Waals surface area contributed by atoms with Crippen LogP contribution in [0.15, 0.2) is 126 Å². The van der Waals surface area contributed by atoms with Gasteiger partial charge in [-0.15, -0.1) is 0 Å². The molecule has 1 aromatic heterocycles. The van der Waals surface area contributed by atoms with Gasteiger partial charge < -0.3 is 9.32 Å². The summed E-state index contributed by atoms with van der Waals surface area (Å²) in [5, 5.41) is 13.9. The molecule has 0 saturated heterocycles. The van der Waals surface area contributed by atoms with Crippen molar-refractivity contribution in [3.8, 4) is 17.2 Å². The maximum absolute atomic E-state index is 9.70. The summed E-state index contributed by atoms with van der Waals surface area (Å²) in [6, 6.07) is 44.6. The van der Waals surface area contributed by atoms with Crippen molar-refractivity contribution in [3.05, 3.63) is 138 Å². The molecule has 2 heterocycles. The third-order valence-corrected chi connectivity index (χ3v) is 8.21. The van der Waals surface area contributed by atoms with E-state index in [4.69, 9.17) is 4.42 Å². The first-order valence-electron chi connectivity index (χ1n) is 13.6. The van der Waals surface area contributed by atoms with E-state index >= 15 is 0 Å². The lowest BCUT2D eigenvalue weighted by Gasteiger charge is -2.27. The SMILES string of the molecule is N#Cc1cccc2c(-c3cccc4c3oc3c(N5c6ccccc6CCc6ccccc65)cccc34)cccc12. The van der Waals surface area contributed by atoms with Crippen LogP contribution in [-0.4, -0.2) is 0 Å². The summed E-state index contributed by atoms with van der Waals surface area (Å²) in [5.74, 6) is 0.